The summed E-state index contributed by atoms with van der Waals surface area (Å²) in [6.45, 7) is 6.31. The van der Waals surface area contributed by atoms with Crippen LogP contribution in [0.2, 0.25) is 5.02 Å². The van der Waals surface area contributed by atoms with Crippen molar-refractivity contribution in [2.45, 2.75) is 39.7 Å². The smallest absolute Gasteiger partial charge is 0.339 e. The van der Waals surface area contributed by atoms with Crippen molar-refractivity contribution in [3.8, 4) is 11.5 Å². The molecular formula is C17H24ClNO5. The molecule has 6 nitrogen and oxygen atoms in total. The maximum Gasteiger partial charge on any atom is 0.339 e. The molecule has 0 spiro atoms. The van der Waals surface area contributed by atoms with E-state index in [1.807, 2.05) is 0 Å². The van der Waals surface area contributed by atoms with Gasteiger partial charge in [-0.1, -0.05) is 24.9 Å². The van der Waals surface area contributed by atoms with Crippen molar-refractivity contribution in [1.29, 1.82) is 0 Å². The first-order valence-electron chi connectivity index (χ1n) is 7.93. The van der Waals surface area contributed by atoms with Crippen molar-refractivity contribution in [1.82, 2.24) is 5.32 Å². The van der Waals surface area contributed by atoms with Crippen LogP contribution < -0.4 is 14.8 Å². The summed E-state index contributed by atoms with van der Waals surface area (Å²) in [7, 11) is 1.46. The van der Waals surface area contributed by atoms with E-state index < -0.39 is 12.1 Å². The first kappa shape index (κ1) is 20.1. The predicted molar refractivity (Wildman–Crippen MR) is 92.0 cm³/mol. The van der Waals surface area contributed by atoms with Crippen LogP contribution in [0.25, 0.3) is 0 Å². The van der Waals surface area contributed by atoms with Crippen molar-refractivity contribution < 1.29 is 23.8 Å². The topological polar surface area (TPSA) is 73.9 Å². The molecule has 0 radical (unpaired) electrons. The molecule has 1 rings (SSSR count). The number of esters is 1. The van der Waals surface area contributed by atoms with Crippen molar-refractivity contribution >= 4 is 23.5 Å². The van der Waals surface area contributed by atoms with Gasteiger partial charge >= 0.3 is 5.97 Å². The zero-order valence-corrected chi connectivity index (χ0v) is 15.2. The lowest BCUT2D eigenvalue weighted by atomic mass is 10.2. The van der Waals surface area contributed by atoms with Crippen molar-refractivity contribution in [3.63, 3.8) is 0 Å². The van der Waals surface area contributed by atoms with Crippen LogP contribution in [0.3, 0.4) is 0 Å². The number of ether oxygens (including phenoxy) is 3. The molecule has 1 atom stereocenters. The van der Waals surface area contributed by atoms with Gasteiger partial charge in [-0.25, -0.2) is 4.79 Å². The summed E-state index contributed by atoms with van der Waals surface area (Å²) in [6.07, 6.45) is 0.970. The molecule has 24 heavy (non-hydrogen) atoms. The summed E-state index contributed by atoms with van der Waals surface area (Å²) in [5, 5.41) is 2.84. The normalized spacial score (nSPS) is 11.5. The number of carbonyl (C=O) groups excluding carboxylic acids is 2. The van der Waals surface area contributed by atoms with Gasteiger partial charge in [0.1, 0.15) is 0 Å². The number of methoxy groups -OCH3 is 1. The lowest BCUT2D eigenvalue weighted by Crippen LogP contribution is -2.35. The van der Waals surface area contributed by atoms with Crippen LogP contribution in [-0.2, 0) is 9.53 Å². The number of nitrogens with one attached hydrogen (secondary N) is 1. The number of unbranched alkanes of at least 4 members (excludes halogenated alkanes) is 1. The van der Waals surface area contributed by atoms with E-state index in [0.717, 1.165) is 12.8 Å². The number of halogens is 1. The zero-order valence-electron chi connectivity index (χ0n) is 14.5. The molecule has 1 amide bonds. The van der Waals surface area contributed by atoms with E-state index in [1.165, 1.54) is 26.2 Å². The van der Waals surface area contributed by atoms with Gasteiger partial charge in [-0.2, -0.15) is 0 Å². The fraction of sp³-hybridized carbons (Fsp3) is 0.529. The third kappa shape index (κ3) is 5.60. The number of amides is 1. The van der Waals surface area contributed by atoms with Crippen LogP contribution >= 0.6 is 11.6 Å². The van der Waals surface area contributed by atoms with Gasteiger partial charge in [-0.3, -0.25) is 4.79 Å². The van der Waals surface area contributed by atoms with E-state index in [2.05, 4.69) is 12.2 Å². The van der Waals surface area contributed by atoms with E-state index >= 15 is 0 Å². The fourth-order valence-electron chi connectivity index (χ4n) is 1.90. The molecule has 134 valence electrons. The molecule has 0 saturated carbocycles. The summed E-state index contributed by atoms with van der Waals surface area (Å²) < 4.78 is 16.0. The summed E-state index contributed by atoms with van der Waals surface area (Å²) in [6, 6.07) is 2.93. The SMILES string of the molecule is CCCCOc1c(Cl)cc(C(=O)O[C@H](C)C(=O)NCC)cc1OC. The number of hydrogen-bond donors (Lipinski definition) is 1. The van der Waals surface area contributed by atoms with Gasteiger partial charge < -0.3 is 19.5 Å². The highest BCUT2D eigenvalue weighted by Crippen LogP contribution is 2.36. The first-order valence-corrected chi connectivity index (χ1v) is 8.31. The molecule has 0 aromatic heterocycles. The minimum absolute atomic E-state index is 0.191. The Balaban J connectivity index is 2.90. The zero-order chi connectivity index (χ0) is 18.1. The summed E-state index contributed by atoms with van der Waals surface area (Å²) in [5.74, 6) is -0.283. The van der Waals surface area contributed by atoms with E-state index in [-0.39, 0.29) is 16.5 Å². The van der Waals surface area contributed by atoms with Crippen molar-refractivity contribution in [2.75, 3.05) is 20.3 Å². The molecule has 0 aliphatic carbocycles. The van der Waals surface area contributed by atoms with Crippen LogP contribution in [0.5, 0.6) is 11.5 Å². The largest absolute Gasteiger partial charge is 0.493 e. The fourth-order valence-corrected chi connectivity index (χ4v) is 2.16. The van der Waals surface area contributed by atoms with E-state index in [4.69, 9.17) is 25.8 Å². The summed E-state index contributed by atoms with van der Waals surface area (Å²) in [5.41, 5.74) is 0.191. The summed E-state index contributed by atoms with van der Waals surface area (Å²) >= 11 is 6.19. The van der Waals surface area contributed by atoms with Gasteiger partial charge in [-0.05, 0) is 32.4 Å². The third-order valence-electron chi connectivity index (χ3n) is 3.21. The number of benzene rings is 1. The molecule has 0 fully saturated rings. The molecule has 0 saturated heterocycles. The van der Waals surface area contributed by atoms with Gasteiger partial charge in [0, 0.05) is 6.54 Å². The van der Waals surface area contributed by atoms with E-state index in [1.54, 1.807) is 6.92 Å². The molecule has 1 aromatic rings. The predicted octanol–water partition coefficient (Wildman–Crippen LogP) is 3.21. The van der Waals surface area contributed by atoms with E-state index in [9.17, 15) is 9.59 Å². The monoisotopic (exact) mass is 357 g/mol. The highest BCUT2D eigenvalue weighted by Gasteiger charge is 2.21. The maximum atomic E-state index is 12.2. The van der Waals surface area contributed by atoms with Crippen LogP contribution in [0, 0.1) is 0 Å². The Morgan fingerprint density at radius 3 is 2.58 bits per heavy atom. The molecule has 1 aromatic carbocycles. The number of carbonyl (C=O) groups is 2. The standard InChI is InChI=1S/C17H24ClNO5/c1-5-7-8-23-15-13(18)9-12(10-14(15)22-4)17(21)24-11(3)16(20)19-6-2/h9-11H,5-8H2,1-4H3,(H,19,20)/t11-/m1/s1. The lowest BCUT2D eigenvalue weighted by molar-refractivity contribution is -0.128. The van der Waals surface area contributed by atoms with Crippen LogP contribution in [0.4, 0.5) is 0 Å². The van der Waals surface area contributed by atoms with Crippen LogP contribution in [0.15, 0.2) is 12.1 Å². The van der Waals surface area contributed by atoms with Gasteiger partial charge in [0.05, 0.1) is 24.3 Å². The van der Waals surface area contributed by atoms with Crippen molar-refractivity contribution in [2.24, 2.45) is 0 Å². The second-order valence-corrected chi connectivity index (χ2v) is 5.54. The highest BCUT2D eigenvalue weighted by atomic mass is 35.5. The molecular weight excluding hydrogens is 334 g/mol. The number of hydrogen-bond acceptors (Lipinski definition) is 5. The Kier molecular flexibility index (Phi) is 8.40. The van der Waals surface area contributed by atoms with Gasteiger partial charge in [0.25, 0.3) is 5.91 Å². The molecule has 0 unspecified atom stereocenters. The average molecular weight is 358 g/mol. The second kappa shape index (κ2) is 10.0. The summed E-state index contributed by atoms with van der Waals surface area (Å²) in [4.78, 5) is 23.8. The molecule has 0 bridgehead atoms. The molecule has 0 aliphatic heterocycles. The number of likely N-dealkylation sites (N-methyl/N-ethyl adjacent to an activating group) is 1. The Labute approximate surface area is 147 Å². The average Bonchev–Trinajstić information content (AvgIpc) is 2.56. The highest BCUT2D eigenvalue weighted by molar-refractivity contribution is 6.32. The second-order valence-electron chi connectivity index (χ2n) is 5.13. The molecule has 0 aliphatic rings. The Morgan fingerprint density at radius 2 is 2.00 bits per heavy atom. The number of rotatable bonds is 9. The lowest BCUT2D eigenvalue weighted by Gasteiger charge is -2.15. The Morgan fingerprint density at radius 1 is 1.29 bits per heavy atom. The van der Waals surface area contributed by atoms with Crippen LogP contribution in [-0.4, -0.2) is 38.2 Å². The van der Waals surface area contributed by atoms with Gasteiger partial charge in [0.15, 0.2) is 17.6 Å². The third-order valence-corrected chi connectivity index (χ3v) is 3.49. The maximum absolute atomic E-state index is 12.2. The van der Waals surface area contributed by atoms with Gasteiger partial charge in [-0.15, -0.1) is 0 Å². The minimum Gasteiger partial charge on any atom is -0.493 e. The molecule has 1 N–H and O–H groups in total. The Bertz CT molecular complexity index is 576. The van der Waals surface area contributed by atoms with Crippen molar-refractivity contribution in [3.05, 3.63) is 22.7 Å². The molecule has 7 heteroatoms. The quantitative estimate of drug-likeness (QED) is 0.542. The van der Waals surface area contributed by atoms with Crippen LogP contribution in [0.1, 0.15) is 44.0 Å². The minimum atomic E-state index is -0.900. The first-order chi connectivity index (χ1) is 11.4. The Hall–Kier alpha value is -1.95. The van der Waals surface area contributed by atoms with Gasteiger partial charge in [0.2, 0.25) is 0 Å². The van der Waals surface area contributed by atoms with E-state index in [0.29, 0.717) is 24.7 Å². The molecule has 0 heterocycles.